The topological polar surface area (TPSA) is 84.4 Å². The van der Waals surface area contributed by atoms with Gasteiger partial charge in [-0.15, -0.1) is 24.0 Å². The summed E-state index contributed by atoms with van der Waals surface area (Å²) in [5.74, 6) is 1.55. The van der Waals surface area contributed by atoms with E-state index >= 15 is 0 Å². The Hall–Kier alpha value is -1.59. The summed E-state index contributed by atoms with van der Waals surface area (Å²) in [6.45, 7) is 7.28. The second kappa shape index (κ2) is 14.5. The van der Waals surface area contributed by atoms with E-state index in [1.807, 2.05) is 31.2 Å². The van der Waals surface area contributed by atoms with Crippen molar-refractivity contribution in [2.45, 2.75) is 38.7 Å². The van der Waals surface area contributed by atoms with E-state index in [0.29, 0.717) is 26.3 Å². The van der Waals surface area contributed by atoms with E-state index in [9.17, 15) is 4.79 Å². The van der Waals surface area contributed by atoms with Gasteiger partial charge in [0.25, 0.3) is 5.91 Å². The van der Waals surface area contributed by atoms with E-state index in [4.69, 9.17) is 14.2 Å². The van der Waals surface area contributed by atoms with Crippen LogP contribution < -0.4 is 20.3 Å². The first-order valence-corrected chi connectivity index (χ1v) is 11.0. The summed E-state index contributed by atoms with van der Waals surface area (Å²) >= 11 is 0. The van der Waals surface area contributed by atoms with Gasteiger partial charge in [-0.05, 0) is 44.7 Å². The highest BCUT2D eigenvalue weighted by Crippen LogP contribution is 2.31. The highest BCUT2D eigenvalue weighted by molar-refractivity contribution is 14.0. The SMILES string of the molecule is CCNC(=NCCCN1C(=O)COc2ccccc21)NCCCOCC1CCCO1.I. The zero-order chi connectivity index (χ0) is 21.0. The molecule has 0 aliphatic carbocycles. The molecule has 0 aromatic heterocycles. The molecule has 0 bridgehead atoms. The molecule has 1 aromatic rings. The third-order valence-electron chi connectivity index (χ3n) is 5.05. The van der Waals surface area contributed by atoms with Crippen molar-refractivity contribution in [2.24, 2.45) is 4.99 Å². The molecule has 0 radical (unpaired) electrons. The van der Waals surface area contributed by atoms with E-state index < -0.39 is 0 Å². The van der Waals surface area contributed by atoms with Crippen LogP contribution in [0, 0.1) is 0 Å². The third-order valence-corrected chi connectivity index (χ3v) is 5.05. The minimum absolute atomic E-state index is 0. The zero-order valence-electron chi connectivity index (χ0n) is 18.3. The maximum absolute atomic E-state index is 12.2. The van der Waals surface area contributed by atoms with Gasteiger partial charge < -0.3 is 29.7 Å². The lowest BCUT2D eigenvalue weighted by Crippen LogP contribution is -2.40. The van der Waals surface area contributed by atoms with Crippen molar-refractivity contribution >= 4 is 41.5 Å². The second-order valence-corrected chi connectivity index (χ2v) is 7.41. The zero-order valence-corrected chi connectivity index (χ0v) is 20.6. The molecule has 2 heterocycles. The number of ether oxygens (including phenoxy) is 3. The maximum atomic E-state index is 12.2. The number of amides is 1. The first kappa shape index (κ1) is 25.7. The summed E-state index contributed by atoms with van der Waals surface area (Å²) in [5, 5.41) is 6.60. The van der Waals surface area contributed by atoms with Gasteiger partial charge in [0, 0.05) is 39.4 Å². The first-order chi connectivity index (χ1) is 14.8. The molecule has 1 unspecified atom stereocenters. The first-order valence-electron chi connectivity index (χ1n) is 11.0. The van der Waals surface area contributed by atoms with Crippen LogP contribution in [0.2, 0.25) is 0 Å². The summed E-state index contributed by atoms with van der Waals surface area (Å²) in [7, 11) is 0. The van der Waals surface area contributed by atoms with Gasteiger partial charge >= 0.3 is 0 Å². The van der Waals surface area contributed by atoms with E-state index in [2.05, 4.69) is 15.6 Å². The number of aliphatic imine (C=N–C) groups is 1. The number of carbonyl (C=O) groups excluding carboxylic acids is 1. The number of hydrogen-bond acceptors (Lipinski definition) is 5. The molecule has 2 aliphatic rings. The van der Waals surface area contributed by atoms with Crippen molar-refractivity contribution in [3.05, 3.63) is 24.3 Å². The molecule has 2 aliphatic heterocycles. The molecule has 9 heteroatoms. The minimum Gasteiger partial charge on any atom is -0.482 e. The molecule has 1 aromatic carbocycles. The predicted molar refractivity (Wildman–Crippen MR) is 133 cm³/mol. The average Bonchev–Trinajstić information content (AvgIpc) is 3.28. The van der Waals surface area contributed by atoms with Gasteiger partial charge in [-0.3, -0.25) is 9.79 Å². The normalized spacial score (nSPS) is 18.2. The molecular formula is C22H35IN4O4. The maximum Gasteiger partial charge on any atom is 0.265 e. The molecule has 31 heavy (non-hydrogen) atoms. The highest BCUT2D eigenvalue weighted by Gasteiger charge is 2.24. The number of fused-ring (bicyclic) bond motifs is 1. The molecule has 1 atom stereocenters. The Balaban J connectivity index is 0.00000341. The van der Waals surface area contributed by atoms with E-state index in [1.165, 1.54) is 0 Å². The van der Waals surface area contributed by atoms with Crippen LogP contribution >= 0.6 is 24.0 Å². The van der Waals surface area contributed by atoms with Gasteiger partial charge in [0.2, 0.25) is 0 Å². The molecule has 2 N–H and O–H groups in total. The van der Waals surface area contributed by atoms with Crippen molar-refractivity contribution in [3.8, 4) is 5.75 Å². The highest BCUT2D eigenvalue weighted by atomic mass is 127. The van der Waals surface area contributed by atoms with E-state index in [-0.39, 0.29) is 42.6 Å². The van der Waals surface area contributed by atoms with Crippen molar-refractivity contribution < 1.29 is 19.0 Å². The largest absolute Gasteiger partial charge is 0.482 e. The number of benzene rings is 1. The van der Waals surface area contributed by atoms with Crippen LogP contribution in [0.1, 0.15) is 32.6 Å². The number of guanidine groups is 1. The average molecular weight is 546 g/mol. The van der Waals surface area contributed by atoms with Gasteiger partial charge in [0.15, 0.2) is 12.6 Å². The number of halogens is 1. The number of nitrogens with zero attached hydrogens (tertiary/aromatic N) is 2. The van der Waals surface area contributed by atoms with Crippen LogP contribution in [0.15, 0.2) is 29.3 Å². The lowest BCUT2D eigenvalue weighted by atomic mass is 10.2. The number of hydrogen-bond donors (Lipinski definition) is 2. The molecule has 3 rings (SSSR count). The van der Waals surface area contributed by atoms with Gasteiger partial charge in [-0.1, -0.05) is 12.1 Å². The van der Waals surface area contributed by atoms with Crippen LogP contribution in [0.4, 0.5) is 5.69 Å². The van der Waals surface area contributed by atoms with Crippen molar-refractivity contribution in [1.29, 1.82) is 0 Å². The van der Waals surface area contributed by atoms with Gasteiger partial charge in [-0.2, -0.15) is 0 Å². The summed E-state index contributed by atoms with van der Waals surface area (Å²) in [6.07, 6.45) is 4.22. The minimum atomic E-state index is -0.00860. The fourth-order valence-electron chi connectivity index (χ4n) is 3.53. The number of anilines is 1. The van der Waals surface area contributed by atoms with Gasteiger partial charge in [-0.25, -0.2) is 0 Å². The second-order valence-electron chi connectivity index (χ2n) is 7.41. The molecule has 174 valence electrons. The molecular weight excluding hydrogens is 511 g/mol. The van der Waals surface area contributed by atoms with Crippen LogP contribution in [-0.2, 0) is 14.3 Å². The molecule has 8 nitrogen and oxygen atoms in total. The summed E-state index contributed by atoms with van der Waals surface area (Å²) in [5.41, 5.74) is 0.839. The molecule has 1 saturated heterocycles. The Morgan fingerprint density at radius 3 is 2.97 bits per heavy atom. The van der Waals surface area contributed by atoms with E-state index in [0.717, 1.165) is 62.8 Å². The lowest BCUT2D eigenvalue weighted by Gasteiger charge is -2.29. The monoisotopic (exact) mass is 546 g/mol. The van der Waals surface area contributed by atoms with Crippen LogP contribution in [0.5, 0.6) is 5.75 Å². The Bertz CT molecular complexity index is 698. The fourth-order valence-corrected chi connectivity index (χ4v) is 3.53. The molecule has 0 saturated carbocycles. The standard InChI is InChI=1S/C22H34N4O4.HI/c1-2-23-22(25-12-7-14-28-16-18-8-5-15-29-18)24-11-6-13-26-19-9-3-4-10-20(19)30-17-21(26)27;/h3-4,9-10,18H,2,5-8,11-17H2,1H3,(H2,23,24,25);1H. The van der Waals surface area contributed by atoms with E-state index in [1.54, 1.807) is 4.90 Å². The smallest absolute Gasteiger partial charge is 0.265 e. The Morgan fingerprint density at radius 2 is 2.16 bits per heavy atom. The van der Waals surface area contributed by atoms with Gasteiger partial charge in [0.05, 0.1) is 18.4 Å². The third kappa shape index (κ3) is 8.46. The molecule has 1 fully saturated rings. The summed E-state index contributed by atoms with van der Waals surface area (Å²) in [6, 6.07) is 7.65. The van der Waals surface area contributed by atoms with Crippen molar-refractivity contribution in [1.82, 2.24) is 10.6 Å². The van der Waals surface area contributed by atoms with Gasteiger partial charge in [0.1, 0.15) is 5.75 Å². The van der Waals surface area contributed by atoms with Crippen LogP contribution in [0.25, 0.3) is 0 Å². The lowest BCUT2D eigenvalue weighted by molar-refractivity contribution is -0.121. The van der Waals surface area contributed by atoms with Crippen LogP contribution in [-0.4, -0.2) is 70.6 Å². The molecule has 0 spiro atoms. The Labute approximate surface area is 202 Å². The molecule has 1 amide bonds. The van der Waals surface area contributed by atoms with Crippen molar-refractivity contribution in [2.75, 3.05) is 57.5 Å². The number of nitrogens with one attached hydrogen (secondary N) is 2. The number of rotatable bonds is 11. The number of carbonyl (C=O) groups is 1. The van der Waals surface area contributed by atoms with Crippen molar-refractivity contribution in [3.63, 3.8) is 0 Å². The fraction of sp³-hybridized carbons (Fsp3) is 0.636. The Morgan fingerprint density at radius 1 is 1.29 bits per heavy atom. The Kier molecular flexibility index (Phi) is 12.0. The quantitative estimate of drug-likeness (QED) is 0.192. The summed E-state index contributed by atoms with van der Waals surface area (Å²) < 4.78 is 16.7. The van der Waals surface area contributed by atoms with Crippen LogP contribution in [0.3, 0.4) is 0 Å². The predicted octanol–water partition coefficient (Wildman–Crippen LogP) is 2.56. The number of para-hydroxylation sites is 2. The summed E-state index contributed by atoms with van der Waals surface area (Å²) in [4.78, 5) is 18.6.